The van der Waals surface area contributed by atoms with E-state index in [1.165, 1.54) is 14.1 Å². The van der Waals surface area contributed by atoms with Gasteiger partial charge < -0.3 is 10.3 Å². The summed E-state index contributed by atoms with van der Waals surface area (Å²) >= 11 is 0. The predicted octanol–water partition coefficient (Wildman–Crippen LogP) is -1.51. The maximum atomic E-state index is 12.5. The average molecular weight is 316 g/mol. The second kappa shape index (κ2) is 5.08. The van der Waals surface area contributed by atoms with Crippen molar-refractivity contribution in [1.82, 2.24) is 13.9 Å². The molecule has 3 N–H and O–H groups in total. The molecule has 1 heterocycles. The molecule has 8 nitrogen and oxygen atoms in total. The molecular formula is C12H20N4O4S. The highest BCUT2D eigenvalue weighted by atomic mass is 32.2. The number of rotatable bonds is 5. The number of sulfonamides is 1. The highest BCUT2D eigenvalue weighted by Gasteiger charge is 2.43. The highest BCUT2D eigenvalue weighted by Crippen LogP contribution is 2.39. The number of hydrogen-bond donors (Lipinski definition) is 2. The van der Waals surface area contributed by atoms with Crippen LogP contribution in [0.5, 0.6) is 0 Å². The highest BCUT2D eigenvalue weighted by molar-refractivity contribution is 7.89. The van der Waals surface area contributed by atoms with Gasteiger partial charge in [-0.15, -0.1) is 0 Å². The van der Waals surface area contributed by atoms with Crippen molar-refractivity contribution in [1.29, 1.82) is 0 Å². The van der Waals surface area contributed by atoms with Crippen LogP contribution in [0.2, 0.25) is 0 Å². The van der Waals surface area contributed by atoms with Crippen LogP contribution < -0.4 is 21.7 Å². The van der Waals surface area contributed by atoms with Crippen LogP contribution in [0.4, 0.5) is 0 Å². The summed E-state index contributed by atoms with van der Waals surface area (Å²) in [7, 11) is -1.42. The fourth-order valence-corrected chi connectivity index (χ4v) is 3.97. The van der Waals surface area contributed by atoms with Gasteiger partial charge in [0, 0.05) is 32.4 Å². The number of hydrogen-bond acceptors (Lipinski definition) is 5. The molecule has 21 heavy (non-hydrogen) atoms. The lowest BCUT2D eigenvalue weighted by molar-refractivity contribution is 0.373. The van der Waals surface area contributed by atoms with Crippen molar-refractivity contribution in [3.63, 3.8) is 0 Å². The molecule has 1 aromatic heterocycles. The average Bonchev–Trinajstić information content (AvgIpc) is 3.24. The molecule has 0 saturated heterocycles. The molecule has 0 radical (unpaired) electrons. The Bertz CT molecular complexity index is 775. The molecule has 1 atom stereocenters. The monoisotopic (exact) mass is 316 g/mol. The van der Waals surface area contributed by atoms with Crippen LogP contribution in [0, 0.1) is 5.92 Å². The topological polar surface area (TPSA) is 116 Å². The molecule has 1 aliphatic carbocycles. The second-order valence-electron chi connectivity index (χ2n) is 5.75. The van der Waals surface area contributed by atoms with Crippen molar-refractivity contribution in [2.45, 2.75) is 30.2 Å². The van der Waals surface area contributed by atoms with Crippen molar-refractivity contribution >= 4 is 10.0 Å². The van der Waals surface area contributed by atoms with E-state index in [0.29, 0.717) is 0 Å². The molecule has 118 valence electrons. The summed E-state index contributed by atoms with van der Waals surface area (Å²) in [5, 5.41) is 0. The van der Waals surface area contributed by atoms with Gasteiger partial charge in [0.25, 0.3) is 5.56 Å². The van der Waals surface area contributed by atoms with Crippen LogP contribution >= 0.6 is 0 Å². The first-order valence-electron chi connectivity index (χ1n) is 6.63. The van der Waals surface area contributed by atoms with Gasteiger partial charge in [0.1, 0.15) is 0 Å². The predicted molar refractivity (Wildman–Crippen MR) is 77.4 cm³/mol. The molecule has 0 spiro atoms. The van der Waals surface area contributed by atoms with E-state index in [4.69, 9.17) is 5.73 Å². The third-order valence-electron chi connectivity index (χ3n) is 3.97. The van der Waals surface area contributed by atoms with Crippen LogP contribution in [0.25, 0.3) is 0 Å². The molecule has 1 fully saturated rings. The van der Waals surface area contributed by atoms with E-state index in [9.17, 15) is 18.0 Å². The number of aryl methyl sites for hydroxylation is 1. The Kier molecular flexibility index (Phi) is 3.85. The number of nitrogens with zero attached hydrogens (tertiary/aromatic N) is 2. The Balaban J connectivity index is 2.50. The third-order valence-corrected chi connectivity index (χ3v) is 5.57. The van der Waals surface area contributed by atoms with Crippen molar-refractivity contribution in [2.75, 3.05) is 6.54 Å². The van der Waals surface area contributed by atoms with E-state index in [1.807, 2.05) is 0 Å². The summed E-state index contributed by atoms with van der Waals surface area (Å²) in [6, 6.07) is 0. The molecule has 1 aliphatic rings. The maximum Gasteiger partial charge on any atom is 0.330 e. The molecule has 0 bridgehead atoms. The number of nitrogens with one attached hydrogen (secondary N) is 1. The quantitative estimate of drug-likeness (QED) is 0.685. The van der Waals surface area contributed by atoms with Gasteiger partial charge in [-0.2, -0.15) is 0 Å². The summed E-state index contributed by atoms with van der Waals surface area (Å²) in [6.07, 6.45) is 2.85. The van der Waals surface area contributed by atoms with E-state index < -0.39 is 31.7 Å². The summed E-state index contributed by atoms with van der Waals surface area (Å²) in [5.74, 6) is 0.175. The minimum atomic E-state index is -4.05. The molecule has 2 rings (SSSR count). The Morgan fingerprint density at radius 2 is 1.95 bits per heavy atom. The van der Waals surface area contributed by atoms with Gasteiger partial charge in [-0.3, -0.25) is 9.36 Å². The molecular weight excluding hydrogens is 296 g/mol. The Labute approximate surface area is 122 Å². The standard InChI is InChI=1S/C12H20N4O4S/c1-12(7-13,8-4-5-8)14-21(19,20)9-6-15(2)11(18)16(3)10(9)17/h6,8,14H,4-5,7,13H2,1-3H3. The number of nitrogens with two attached hydrogens (primary N) is 1. The van der Waals surface area contributed by atoms with E-state index >= 15 is 0 Å². The molecule has 1 aromatic rings. The normalized spacial score (nSPS) is 18.5. The molecule has 1 unspecified atom stereocenters. The zero-order valence-electron chi connectivity index (χ0n) is 12.3. The van der Waals surface area contributed by atoms with Crippen molar-refractivity contribution < 1.29 is 8.42 Å². The molecule has 1 saturated carbocycles. The van der Waals surface area contributed by atoms with E-state index in [2.05, 4.69) is 4.72 Å². The van der Waals surface area contributed by atoms with Crippen LogP contribution in [0.3, 0.4) is 0 Å². The zero-order chi connectivity index (χ0) is 16.0. The minimum Gasteiger partial charge on any atom is -0.329 e. The summed E-state index contributed by atoms with van der Waals surface area (Å²) < 4.78 is 29.3. The lowest BCUT2D eigenvalue weighted by atomic mass is 9.98. The van der Waals surface area contributed by atoms with E-state index in [0.717, 1.165) is 28.2 Å². The van der Waals surface area contributed by atoms with Crippen LogP contribution in [0.1, 0.15) is 19.8 Å². The number of aromatic nitrogens is 2. The van der Waals surface area contributed by atoms with Crippen molar-refractivity contribution in [3.05, 3.63) is 27.0 Å². The van der Waals surface area contributed by atoms with Gasteiger partial charge >= 0.3 is 5.69 Å². The van der Waals surface area contributed by atoms with Gasteiger partial charge in [-0.25, -0.2) is 17.9 Å². The SMILES string of the molecule is Cn1cc(S(=O)(=O)NC(C)(CN)C2CC2)c(=O)n(C)c1=O. The zero-order valence-corrected chi connectivity index (χ0v) is 13.1. The second-order valence-corrected chi connectivity index (χ2v) is 7.40. The first-order chi connectivity index (χ1) is 9.62. The molecule has 0 amide bonds. The maximum absolute atomic E-state index is 12.5. The minimum absolute atomic E-state index is 0.142. The molecule has 0 aliphatic heterocycles. The van der Waals surface area contributed by atoms with E-state index in [-0.39, 0.29) is 12.5 Å². The summed E-state index contributed by atoms with van der Waals surface area (Å²) in [5.41, 5.74) is 3.48. The van der Waals surface area contributed by atoms with Gasteiger partial charge in [0.15, 0.2) is 4.90 Å². The largest absolute Gasteiger partial charge is 0.330 e. The van der Waals surface area contributed by atoms with Crippen molar-refractivity contribution in [2.24, 2.45) is 25.7 Å². The van der Waals surface area contributed by atoms with Gasteiger partial charge in [-0.1, -0.05) is 0 Å². The Morgan fingerprint density at radius 1 is 1.38 bits per heavy atom. The smallest absolute Gasteiger partial charge is 0.329 e. The first kappa shape index (κ1) is 15.9. The van der Waals surface area contributed by atoms with Crippen LogP contribution in [-0.4, -0.2) is 29.6 Å². The van der Waals surface area contributed by atoms with Crippen molar-refractivity contribution in [3.8, 4) is 0 Å². The lowest BCUT2D eigenvalue weighted by Gasteiger charge is -2.28. The molecule has 9 heteroatoms. The summed E-state index contributed by atoms with van der Waals surface area (Å²) in [6.45, 7) is 1.87. The van der Waals surface area contributed by atoms with Gasteiger partial charge in [0.05, 0.1) is 0 Å². The lowest BCUT2D eigenvalue weighted by Crippen LogP contribution is -2.54. The summed E-state index contributed by atoms with van der Waals surface area (Å²) in [4.78, 5) is 23.2. The van der Waals surface area contributed by atoms with Crippen LogP contribution in [-0.2, 0) is 24.1 Å². The first-order valence-corrected chi connectivity index (χ1v) is 8.11. The fourth-order valence-electron chi connectivity index (χ4n) is 2.33. The van der Waals surface area contributed by atoms with Crippen LogP contribution in [0.15, 0.2) is 20.7 Å². The Morgan fingerprint density at radius 3 is 2.43 bits per heavy atom. The van der Waals surface area contributed by atoms with Gasteiger partial charge in [0.2, 0.25) is 10.0 Å². The van der Waals surface area contributed by atoms with E-state index in [1.54, 1.807) is 6.92 Å². The van der Waals surface area contributed by atoms with Gasteiger partial charge in [-0.05, 0) is 25.7 Å². The Hall–Kier alpha value is -1.45. The fraction of sp³-hybridized carbons (Fsp3) is 0.667. The molecule has 0 aromatic carbocycles. The third kappa shape index (κ3) is 2.81.